The van der Waals surface area contributed by atoms with Crippen LogP contribution in [0.15, 0.2) is 12.1 Å². The quantitative estimate of drug-likeness (QED) is 0.785. The fourth-order valence-electron chi connectivity index (χ4n) is 1.78. The molecule has 1 atom stereocenters. The average molecular weight is 255 g/mol. The Bertz CT molecular complexity index is 331. The molecule has 0 fully saturated rings. The Morgan fingerprint density at radius 3 is 2.53 bits per heavy atom. The van der Waals surface area contributed by atoms with E-state index in [-0.39, 0.29) is 0 Å². The average Bonchev–Trinajstić information content (AvgIpc) is 2.63. The van der Waals surface area contributed by atoms with Gasteiger partial charge in [0.25, 0.3) is 0 Å². The highest BCUT2D eigenvalue weighted by molar-refractivity contribution is 7.12. The topological polar surface area (TPSA) is 32.3 Å². The van der Waals surface area contributed by atoms with Crippen LogP contribution in [0.1, 0.15) is 37.4 Å². The van der Waals surface area contributed by atoms with Gasteiger partial charge in [0.05, 0.1) is 5.60 Å². The van der Waals surface area contributed by atoms with E-state index in [4.69, 9.17) is 0 Å². The first-order valence-electron chi connectivity index (χ1n) is 6.43. The molecule has 0 amide bonds. The Labute approximate surface area is 109 Å². The molecule has 1 aromatic rings. The van der Waals surface area contributed by atoms with Crippen molar-refractivity contribution >= 4 is 11.3 Å². The molecule has 0 aliphatic rings. The maximum atomic E-state index is 10.3. The van der Waals surface area contributed by atoms with E-state index in [2.05, 4.69) is 38.2 Å². The summed E-state index contributed by atoms with van der Waals surface area (Å²) in [6, 6.07) is 4.30. The zero-order valence-electron chi connectivity index (χ0n) is 11.4. The number of rotatable bonds is 7. The third-order valence-corrected chi connectivity index (χ3v) is 3.91. The van der Waals surface area contributed by atoms with Gasteiger partial charge in [-0.1, -0.05) is 20.8 Å². The van der Waals surface area contributed by atoms with Crippen LogP contribution < -0.4 is 5.32 Å². The second kappa shape index (κ2) is 6.53. The number of hydrogen-bond acceptors (Lipinski definition) is 3. The first-order valence-corrected chi connectivity index (χ1v) is 7.25. The molecule has 1 heterocycles. The fourth-order valence-corrected chi connectivity index (χ4v) is 2.91. The molecular weight excluding hydrogens is 230 g/mol. The standard InChI is InChI=1S/C14H25NOS/c1-5-12-6-7-13(17-12)8-14(4,16)10-15-9-11(2)3/h6-7,11,15-16H,5,8-10H2,1-4H3. The van der Waals surface area contributed by atoms with Gasteiger partial charge in [-0.25, -0.2) is 0 Å². The largest absolute Gasteiger partial charge is 0.388 e. The van der Waals surface area contributed by atoms with Crippen molar-refractivity contribution < 1.29 is 5.11 Å². The lowest BCUT2D eigenvalue weighted by atomic mass is 10.0. The SMILES string of the molecule is CCc1ccc(CC(C)(O)CNCC(C)C)s1. The third kappa shape index (κ3) is 5.66. The zero-order valence-corrected chi connectivity index (χ0v) is 12.2. The highest BCUT2D eigenvalue weighted by Crippen LogP contribution is 2.21. The van der Waals surface area contributed by atoms with Crippen LogP contribution in [0.4, 0.5) is 0 Å². The summed E-state index contributed by atoms with van der Waals surface area (Å²) in [5.41, 5.74) is -0.648. The van der Waals surface area contributed by atoms with Crippen molar-refractivity contribution in [2.45, 2.75) is 46.1 Å². The summed E-state index contributed by atoms with van der Waals surface area (Å²) in [5, 5.41) is 13.6. The second-order valence-corrected chi connectivity index (χ2v) is 6.67. The third-order valence-electron chi connectivity index (χ3n) is 2.68. The summed E-state index contributed by atoms with van der Waals surface area (Å²) in [6.45, 7) is 10.0. The maximum Gasteiger partial charge on any atom is 0.0791 e. The second-order valence-electron chi connectivity index (χ2n) is 5.42. The van der Waals surface area contributed by atoms with Crippen molar-refractivity contribution in [3.05, 3.63) is 21.9 Å². The molecule has 0 bridgehead atoms. The number of thiophene rings is 1. The highest BCUT2D eigenvalue weighted by atomic mass is 32.1. The summed E-state index contributed by atoms with van der Waals surface area (Å²) >= 11 is 1.81. The summed E-state index contributed by atoms with van der Waals surface area (Å²) in [6.07, 6.45) is 1.82. The minimum Gasteiger partial charge on any atom is -0.388 e. The van der Waals surface area contributed by atoms with Gasteiger partial charge in [-0.05, 0) is 37.9 Å². The highest BCUT2D eigenvalue weighted by Gasteiger charge is 2.21. The molecule has 98 valence electrons. The molecule has 2 N–H and O–H groups in total. The van der Waals surface area contributed by atoms with E-state index in [0.29, 0.717) is 12.5 Å². The van der Waals surface area contributed by atoms with Crippen molar-refractivity contribution in [2.75, 3.05) is 13.1 Å². The molecule has 1 unspecified atom stereocenters. The lowest BCUT2D eigenvalue weighted by Gasteiger charge is -2.23. The summed E-state index contributed by atoms with van der Waals surface area (Å²) < 4.78 is 0. The molecule has 17 heavy (non-hydrogen) atoms. The monoisotopic (exact) mass is 255 g/mol. The summed E-state index contributed by atoms with van der Waals surface area (Å²) in [7, 11) is 0. The van der Waals surface area contributed by atoms with Gasteiger partial charge in [-0.3, -0.25) is 0 Å². The van der Waals surface area contributed by atoms with Crippen LogP contribution in [0.3, 0.4) is 0 Å². The van der Waals surface area contributed by atoms with Crippen LogP contribution in [0, 0.1) is 5.92 Å². The first-order chi connectivity index (χ1) is 7.93. The van der Waals surface area contributed by atoms with Crippen molar-refractivity contribution in [1.29, 1.82) is 0 Å². The minimum atomic E-state index is -0.648. The Hall–Kier alpha value is -0.380. The van der Waals surface area contributed by atoms with E-state index in [1.54, 1.807) is 0 Å². The normalized spacial score (nSPS) is 15.2. The van der Waals surface area contributed by atoms with E-state index in [1.807, 2.05) is 18.3 Å². The molecule has 0 aromatic carbocycles. The van der Waals surface area contributed by atoms with Crippen molar-refractivity contribution in [3.8, 4) is 0 Å². The van der Waals surface area contributed by atoms with Crippen LogP contribution in [0.25, 0.3) is 0 Å². The molecule has 0 spiro atoms. The van der Waals surface area contributed by atoms with Crippen LogP contribution in [-0.2, 0) is 12.8 Å². The van der Waals surface area contributed by atoms with Crippen molar-refractivity contribution in [3.63, 3.8) is 0 Å². The van der Waals surface area contributed by atoms with Crippen molar-refractivity contribution in [1.82, 2.24) is 5.32 Å². The molecule has 3 heteroatoms. The van der Waals surface area contributed by atoms with Gasteiger partial charge >= 0.3 is 0 Å². The Kier molecular flexibility index (Phi) is 5.63. The summed E-state index contributed by atoms with van der Waals surface area (Å²) in [4.78, 5) is 2.67. The predicted molar refractivity (Wildman–Crippen MR) is 75.7 cm³/mol. The van der Waals surface area contributed by atoms with Gasteiger partial charge in [0.1, 0.15) is 0 Å². The van der Waals surface area contributed by atoms with Gasteiger partial charge in [0, 0.05) is 22.7 Å². The molecule has 0 radical (unpaired) electrons. The summed E-state index contributed by atoms with van der Waals surface area (Å²) in [5.74, 6) is 0.624. The van der Waals surface area contributed by atoms with E-state index >= 15 is 0 Å². The molecule has 2 nitrogen and oxygen atoms in total. The Morgan fingerprint density at radius 1 is 1.35 bits per heavy atom. The Morgan fingerprint density at radius 2 is 2.00 bits per heavy atom. The van der Waals surface area contributed by atoms with Crippen LogP contribution in [0.2, 0.25) is 0 Å². The molecule has 0 aliphatic carbocycles. The molecule has 1 aromatic heterocycles. The van der Waals surface area contributed by atoms with E-state index in [0.717, 1.165) is 19.4 Å². The lowest BCUT2D eigenvalue weighted by Crippen LogP contribution is -2.40. The molecule has 1 rings (SSSR count). The van der Waals surface area contributed by atoms with Crippen molar-refractivity contribution in [2.24, 2.45) is 5.92 Å². The predicted octanol–water partition coefficient (Wildman–Crippen LogP) is 2.85. The van der Waals surface area contributed by atoms with Gasteiger partial charge in [-0.15, -0.1) is 11.3 Å². The molecule has 0 aliphatic heterocycles. The first kappa shape index (κ1) is 14.7. The Balaban J connectivity index is 2.42. The minimum absolute atomic E-state index is 0.624. The number of nitrogens with one attached hydrogen (secondary N) is 1. The van der Waals surface area contributed by atoms with Crippen LogP contribution >= 0.6 is 11.3 Å². The van der Waals surface area contributed by atoms with Crippen LogP contribution in [-0.4, -0.2) is 23.8 Å². The number of hydrogen-bond donors (Lipinski definition) is 2. The van der Waals surface area contributed by atoms with Gasteiger partial charge in [0.15, 0.2) is 0 Å². The zero-order chi connectivity index (χ0) is 12.9. The number of aryl methyl sites for hydroxylation is 1. The van der Waals surface area contributed by atoms with E-state index in [9.17, 15) is 5.11 Å². The van der Waals surface area contributed by atoms with Crippen LogP contribution in [0.5, 0.6) is 0 Å². The van der Waals surface area contributed by atoms with E-state index < -0.39 is 5.60 Å². The van der Waals surface area contributed by atoms with Gasteiger partial charge in [0.2, 0.25) is 0 Å². The molecule has 0 saturated heterocycles. The smallest absolute Gasteiger partial charge is 0.0791 e. The lowest BCUT2D eigenvalue weighted by molar-refractivity contribution is 0.0604. The maximum absolute atomic E-state index is 10.3. The number of aliphatic hydroxyl groups is 1. The van der Waals surface area contributed by atoms with Gasteiger partial charge in [-0.2, -0.15) is 0 Å². The van der Waals surface area contributed by atoms with E-state index in [1.165, 1.54) is 9.75 Å². The fraction of sp³-hybridized carbons (Fsp3) is 0.714. The molecule has 0 saturated carbocycles. The van der Waals surface area contributed by atoms with Gasteiger partial charge < -0.3 is 10.4 Å². The molecular formula is C14H25NOS.